The van der Waals surface area contributed by atoms with Crippen LogP contribution in [0.25, 0.3) is 0 Å². The standard InChI is InChI=1S/C14H28N4O/c1-6-9-15-14(16-10-7-8-12(2)3)17-11-13(19)18(4)5/h6,12H,1,7-11H2,2-5H3,(H2,15,16,17). The van der Waals surface area contributed by atoms with E-state index in [1.807, 2.05) is 0 Å². The Hall–Kier alpha value is -1.52. The predicted molar refractivity (Wildman–Crippen MR) is 81.3 cm³/mol. The molecule has 5 nitrogen and oxygen atoms in total. The van der Waals surface area contributed by atoms with Gasteiger partial charge in [-0.05, 0) is 18.8 Å². The van der Waals surface area contributed by atoms with Crippen LogP contribution in [0.3, 0.4) is 0 Å². The highest BCUT2D eigenvalue weighted by atomic mass is 16.2. The molecule has 0 aliphatic heterocycles. The summed E-state index contributed by atoms with van der Waals surface area (Å²) in [6.07, 6.45) is 4.03. The van der Waals surface area contributed by atoms with Crippen LogP contribution in [0.2, 0.25) is 0 Å². The van der Waals surface area contributed by atoms with E-state index in [1.165, 1.54) is 11.3 Å². The molecule has 0 saturated carbocycles. The lowest BCUT2D eigenvalue weighted by molar-refractivity contribution is -0.127. The number of nitrogens with one attached hydrogen (secondary N) is 2. The van der Waals surface area contributed by atoms with E-state index >= 15 is 0 Å². The molecule has 0 aliphatic rings. The number of carbonyl (C=O) groups excluding carboxylic acids is 1. The molecule has 0 aliphatic carbocycles. The van der Waals surface area contributed by atoms with Gasteiger partial charge in [0.25, 0.3) is 0 Å². The van der Waals surface area contributed by atoms with E-state index in [2.05, 4.69) is 36.1 Å². The van der Waals surface area contributed by atoms with Crippen molar-refractivity contribution in [3.63, 3.8) is 0 Å². The topological polar surface area (TPSA) is 56.7 Å². The van der Waals surface area contributed by atoms with Gasteiger partial charge in [-0.3, -0.25) is 4.79 Å². The summed E-state index contributed by atoms with van der Waals surface area (Å²) in [6.45, 7) is 9.72. The molecule has 0 heterocycles. The third-order valence-corrected chi connectivity index (χ3v) is 2.54. The fourth-order valence-corrected chi connectivity index (χ4v) is 1.35. The molecule has 0 unspecified atom stereocenters. The van der Waals surface area contributed by atoms with Crippen LogP contribution in [0.15, 0.2) is 17.6 Å². The average molecular weight is 268 g/mol. The second-order valence-corrected chi connectivity index (χ2v) is 5.09. The number of aliphatic imine (C=N–C) groups is 1. The van der Waals surface area contributed by atoms with Crippen molar-refractivity contribution < 1.29 is 4.79 Å². The fourth-order valence-electron chi connectivity index (χ4n) is 1.35. The van der Waals surface area contributed by atoms with Gasteiger partial charge in [-0.15, -0.1) is 6.58 Å². The summed E-state index contributed by atoms with van der Waals surface area (Å²) in [5, 5.41) is 6.33. The van der Waals surface area contributed by atoms with E-state index in [0.29, 0.717) is 18.4 Å². The van der Waals surface area contributed by atoms with Gasteiger partial charge in [0.15, 0.2) is 5.96 Å². The average Bonchev–Trinajstić information content (AvgIpc) is 2.35. The Morgan fingerprint density at radius 3 is 2.58 bits per heavy atom. The number of rotatable bonds is 8. The molecule has 0 aromatic heterocycles. The minimum Gasteiger partial charge on any atom is -0.356 e. The number of hydrogen-bond acceptors (Lipinski definition) is 2. The van der Waals surface area contributed by atoms with Crippen molar-refractivity contribution in [3.8, 4) is 0 Å². The Morgan fingerprint density at radius 2 is 2.05 bits per heavy atom. The van der Waals surface area contributed by atoms with Crippen LogP contribution in [0.1, 0.15) is 26.7 Å². The second-order valence-electron chi connectivity index (χ2n) is 5.09. The monoisotopic (exact) mass is 268 g/mol. The van der Waals surface area contributed by atoms with Gasteiger partial charge < -0.3 is 15.5 Å². The Labute approximate surface area is 117 Å². The molecule has 19 heavy (non-hydrogen) atoms. The van der Waals surface area contributed by atoms with Gasteiger partial charge in [0.05, 0.1) is 0 Å². The number of guanidine groups is 1. The third kappa shape index (κ3) is 10.1. The van der Waals surface area contributed by atoms with Crippen LogP contribution >= 0.6 is 0 Å². The minimum absolute atomic E-state index is 0.0121. The van der Waals surface area contributed by atoms with Crippen molar-refractivity contribution in [1.82, 2.24) is 15.5 Å². The second kappa shape index (κ2) is 10.4. The Balaban J connectivity index is 4.17. The lowest BCUT2D eigenvalue weighted by Crippen LogP contribution is -2.39. The van der Waals surface area contributed by atoms with E-state index in [-0.39, 0.29) is 12.5 Å². The Kier molecular flexibility index (Phi) is 9.57. The highest BCUT2D eigenvalue weighted by molar-refractivity contribution is 5.84. The molecular formula is C14H28N4O. The smallest absolute Gasteiger partial charge is 0.243 e. The first kappa shape index (κ1) is 17.5. The molecule has 0 fully saturated rings. The first-order chi connectivity index (χ1) is 8.97. The normalized spacial score (nSPS) is 11.3. The number of hydrogen-bond donors (Lipinski definition) is 2. The molecular weight excluding hydrogens is 240 g/mol. The van der Waals surface area contributed by atoms with Crippen LogP contribution in [-0.4, -0.2) is 50.5 Å². The Morgan fingerprint density at radius 1 is 1.37 bits per heavy atom. The number of likely N-dealkylation sites (N-methyl/N-ethyl adjacent to an activating group) is 1. The van der Waals surface area contributed by atoms with E-state index in [0.717, 1.165) is 13.0 Å². The van der Waals surface area contributed by atoms with Crippen LogP contribution < -0.4 is 10.6 Å². The highest BCUT2D eigenvalue weighted by Crippen LogP contribution is 2.01. The number of nitrogens with zero attached hydrogens (tertiary/aromatic N) is 2. The van der Waals surface area contributed by atoms with Crippen molar-refractivity contribution in [2.75, 3.05) is 33.7 Å². The summed E-state index contributed by atoms with van der Waals surface area (Å²) in [5.74, 6) is 1.36. The van der Waals surface area contributed by atoms with Crippen molar-refractivity contribution in [3.05, 3.63) is 12.7 Å². The molecule has 0 rings (SSSR count). The lowest BCUT2D eigenvalue weighted by atomic mass is 10.1. The van der Waals surface area contributed by atoms with Gasteiger partial charge in [0, 0.05) is 27.2 Å². The molecule has 110 valence electrons. The van der Waals surface area contributed by atoms with Gasteiger partial charge in [0.1, 0.15) is 6.54 Å². The van der Waals surface area contributed by atoms with E-state index < -0.39 is 0 Å². The molecule has 0 bridgehead atoms. The molecule has 1 amide bonds. The van der Waals surface area contributed by atoms with E-state index in [4.69, 9.17) is 0 Å². The van der Waals surface area contributed by atoms with Crippen LogP contribution in [0, 0.1) is 5.92 Å². The van der Waals surface area contributed by atoms with Gasteiger partial charge in [-0.2, -0.15) is 0 Å². The molecule has 2 N–H and O–H groups in total. The molecule has 0 saturated heterocycles. The summed E-state index contributed by atoms with van der Waals surface area (Å²) in [5.41, 5.74) is 0. The van der Waals surface area contributed by atoms with Crippen molar-refractivity contribution in [2.45, 2.75) is 26.7 Å². The van der Waals surface area contributed by atoms with Gasteiger partial charge in [-0.1, -0.05) is 19.9 Å². The zero-order valence-electron chi connectivity index (χ0n) is 12.7. The van der Waals surface area contributed by atoms with Gasteiger partial charge in [0.2, 0.25) is 5.91 Å². The third-order valence-electron chi connectivity index (χ3n) is 2.54. The molecule has 5 heteroatoms. The number of carbonyl (C=O) groups is 1. The van der Waals surface area contributed by atoms with E-state index in [9.17, 15) is 4.79 Å². The quantitative estimate of drug-likeness (QED) is 0.301. The molecule has 0 aromatic rings. The summed E-state index contributed by atoms with van der Waals surface area (Å²) >= 11 is 0. The number of amides is 1. The zero-order chi connectivity index (χ0) is 14.7. The van der Waals surface area contributed by atoms with Crippen molar-refractivity contribution in [2.24, 2.45) is 10.9 Å². The maximum atomic E-state index is 11.5. The maximum Gasteiger partial charge on any atom is 0.243 e. The summed E-state index contributed by atoms with van der Waals surface area (Å²) in [4.78, 5) is 17.3. The van der Waals surface area contributed by atoms with Crippen LogP contribution in [-0.2, 0) is 4.79 Å². The predicted octanol–water partition coefficient (Wildman–Crippen LogP) is 1.23. The largest absolute Gasteiger partial charge is 0.356 e. The molecule has 0 radical (unpaired) electrons. The first-order valence-electron chi connectivity index (χ1n) is 6.80. The maximum absolute atomic E-state index is 11.5. The molecule has 0 aromatic carbocycles. The molecule has 0 atom stereocenters. The van der Waals surface area contributed by atoms with E-state index in [1.54, 1.807) is 20.2 Å². The molecule has 0 spiro atoms. The SMILES string of the molecule is C=CCNC(=NCC(=O)N(C)C)NCCCC(C)C. The van der Waals surface area contributed by atoms with Gasteiger partial charge >= 0.3 is 0 Å². The lowest BCUT2D eigenvalue weighted by Gasteiger charge is -2.13. The van der Waals surface area contributed by atoms with Gasteiger partial charge in [-0.25, -0.2) is 4.99 Å². The van der Waals surface area contributed by atoms with Crippen molar-refractivity contribution >= 4 is 11.9 Å². The summed E-state index contributed by atoms with van der Waals surface area (Å²) in [6, 6.07) is 0. The fraction of sp³-hybridized carbons (Fsp3) is 0.714. The Bertz CT molecular complexity index is 298. The summed E-state index contributed by atoms with van der Waals surface area (Å²) < 4.78 is 0. The summed E-state index contributed by atoms with van der Waals surface area (Å²) in [7, 11) is 3.45. The highest BCUT2D eigenvalue weighted by Gasteiger charge is 2.03. The minimum atomic E-state index is -0.0121. The van der Waals surface area contributed by atoms with Crippen LogP contribution in [0.4, 0.5) is 0 Å². The first-order valence-corrected chi connectivity index (χ1v) is 6.80. The van der Waals surface area contributed by atoms with Crippen LogP contribution in [0.5, 0.6) is 0 Å². The van der Waals surface area contributed by atoms with Crippen molar-refractivity contribution in [1.29, 1.82) is 0 Å². The zero-order valence-corrected chi connectivity index (χ0v) is 12.7.